The van der Waals surface area contributed by atoms with E-state index in [1.165, 1.54) is 0 Å². The first-order chi connectivity index (χ1) is 11.2. The number of ether oxygens (including phenoxy) is 1. The lowest BCUT2D eigenvalue weighted by Gasteiger charge is -2.22. The van der Waals surface area contributed by atoms with E-state index in [2.05, 4.69) is 10.6 Å². The Bertz CT molecular complexity index is 684. The van der Waals surface area contributed by atoms with Crippen LogP contribution in [0.15, 0.2) is 48.5 Å². The average Bonchev–Trinajstić information content (AvgIpc) is 2.59. The van der Waals surface area contributed by atoms with Gasteiger partial charge in [-0.2, -0.15) is 0 Å². The largest absolute Gasteiger partial charge is 0.454 e. The highest BCUT2D eigenvalue weighted by Gasteiger charge is 2.21. The molecule has 120 valence electrons. The number of hydrogen-bond acceptors (Lipinski definition) is 3. The molecule has 1 heterocycles. The van der Waals surface area contributed by atoms with Gasteiger partial charge in [0.15, 0.2) is 5.75 Å². The number of amides is 1. The third-order valence-corrected chi connectivity index (χ3v) is 4.22. The second kappa shape index (κ2) is 7.49. The summed E-state index contributed by atoms with van der Waals surface area (Å²) in [6, 6.07) is 14.7. The van der Waals surface area contributed by atoms with E-state index in [-0.39, 0.29) is 11.8 Å². The molecular weight excluding hydrogens is 312 g/mol. The monoisotopic (exact) mass is 330 g/mol. The summed E-state index contributed by atoms with van der Waals surface area (Å²) >= 11 is 6.13. The summed E-state index contributed by atoms with van der Waals surface area (Å²) in [5, 5.41) is 6.78. The number of benzene rings is 2. The number of nitrogens with one attached hydrogen (secondary N) is 2. The molecule has 5 heteroatoms. The summed E-state index contributed by atoms with van der Waals surface area (Å²) in [5.41, 5.74) is 0.663. The molecule has 0 atom stereocenters. The van der Waals surface area contributed by atoms with E-state index < -0.39 is 0 Å². The third kappa shape index (κ3) is 4.03. The maximum Gasteiger partial charge on any atom is 0.227 e. The summed E-state index contributed by atoms with van der Waals surface area (Å²) in [6.07, 6.45) is 1.72. The molecule has 23 heavy (non-hydrogen) atoms. The maximum atomic E-state index is 12.4. The Labute approximate surface area is 140 Å². The number of halogens is 1. The number of rotatable bonds is 4. The minimum atomic E-state index is 0.0432. The predicted molar refractivity (Wildman–Crippen MR) is 92.2 cm³/mol. The van der Waals surface area contributed by atoms with Crippen molar-refractivity contribution in [2.24, 2.45) is 5.92 Å². The molecule has 2 aromatic rings. The van der Waals surface area contributed by atoms with Crippen LogP contribution in [0.25, 0.3) is 0 Å². The average molecular weight is 331 g/mol. The Morgan fingerprint density at radius 3 is 2.43 bits per heavy atom. The van der Waals surface area contributed by atoms with Crippen LogP contribution in [-0.4, -0.2) is 19.0 Å². The quantitative estimate of drug-likeness (QED) is 0.888. The highest BCUT2D eigenvalue weighted by Crippen LogP contribution is 2.33. The highest BCUT2D eigenvalue weighted by atomic mass is 35.5. The van der Waals surface area contributed by atoms with Gasteiger partial charge in [-0.3, -0.25) is 4.79 Å². The third-order valence-electron chi connectivity index (χ3n) is 3.91. The smallest absolute Gasteiger partial charge is 0.227 e. The van der Waals surface area contributed by atoms with Crippen LogP contribution in [-0.2, 0) is 4.79 Å². The zero-order valence-corrected chi connectivity index (χ0v) is 13.5. The standard InChI is InChI=1S/C18H19ClN2O2/c19-14-5-1-3-7-16(14)23-17-8-4-2-6-15(17)21-18(22)13-9-11-20-12-10-13/h1-8,13,20H,9-12H2,(H,21,22). The van der Waals surface area contributed by atoms with Crippen molar-refractivity contribution in [3.8, 4) is 11.5 Å². The first-order valence-corrected chi connectivity index (χ1v) is 8.15. The molecule has 0 aromatic heterocycles. The van der Waals surface area contributed by atoms with E-state index in [1.54, 1.807) is 12.1 Å². The second-order valence-electron chi connectivity index (χ2n) is 5.54. The SMILES string of the molecule is O=C(Nc1ccccc1Oc1ccccc1Cl)C1CCNCC1. The van der Waals surface area contributed by atoms with Gasteiger partial charge in [0, 0.05) is 5.92 Å². The molecule has 2 N–H and O–H groups in total. The molecule has 0 radical (unpaired) electrons. The zero-order chi connectivity index (χ0) is 16.1. The van der Waals surface area contributed by atoms with E-state index in [1.807, 2.05) is 36.4 Å². The minimum absolute atomic E-state index is 0.0432. The van der Waals surface area contributed by atoms with Crippen molar-refractivity contribution in [2.75, 3.05) is 18.4 Å². The maximum absolute atomic E-state index is 12.4. The van der Waals surface area contributed by atoms with Crippen molar-refractivity contribution < 1.29 is 9.53 Å². The van der Waals surface area contributed by atoms with E-state index in [0.29, 0.717) is 22.2 Å². The van der Waals surface area contributed by atoms with Gasteiger partial charge in [0.05, 0.1) is 10.7 Å². The van der Waals surface area contributed by atoms with Gasteiger partial charge in [-0.15, -0.1) is 0 Å². The number of hydrogen-bond donors (Lipinski definition) is 2. The van der Waals surface area contributed by atoms with Gasteiger partial charge in [0.25, 0.3) is 0 Å². The van der Waals surface area contributed by atoms with Gasteiger partial charge in [-0.1, -0.05) is 35.9 Å². The first-order valence-electron chi connectivity index (χ1n) is 7.77. The fourth-order valence-corrected chi connectivity index (χ4v) is 2.80. The molecule has 1 fully saturated rings. The lowest BCUT2D eigenvalue weighted by atomic mass is 9.97. The van der Waals surface area contributed by atoms with Crippen molar-refractivity contribution in [1.29, 1.82) is 0 Å². The fraction of sp³-hybridized carbons (Fsp3) is 0.278. The van der Waals surface area contributed by atoms with Crippen LogP contribution < -0.4 is 15.4 Å². The molecule has 0 bridgehead atoms. The Kier molecular flexibility index (Phi) is 5.16. The summed E-state index contributed by atoms with van der Waals surface area (Å²) in [7, 11) is 0. The molecular formula is C18H19ClN2O2. The molecule has 1 aliphatic rings. The Balaban J connectivity index is 1.75. The molecule has 2 aromatic carbocycles. The van der Waals surface area contributed by atoms with Crippen molar-refractivity contribution >= 4 is 23.2 Å². The molecule has 0 unspecified atom stereocenters. The van der Waals surface area contributed by atoms with Crippen molar-refractivity contribution in [3.05, 3.63) is 53.6 Å². The highest BCUT2D eigenvalue weighted by molar-refractivity contribution is 6.32. The molecule has 1 amide bonds. The van der Waals surface area contributed by atoms with Crippen LogP contribution in [0.5, 0.6) is 11.5 Å². The van der Waals surface area contributed by atoms with E-state index in [4.69, 9.17) is 16.3 Å². The van der Waals surface area contributed by atoms with Crippen molar-refractivity contribution in [2.45, 2.75) is 12.8 Å². The number of piperidine rings is 1. The number of para-hydroxylation sites is 3. The van der Waals surface area contributed by atoms with Gasteiger partial charge < -0.3 is 15.4 Å². The van der Waals surface area contributed by atoms with Crippen LogP contribution in [0.1, 0.15) is 12.8 Å². The fourth-order valence-electron chi connectivity index (χ4n) is 2.62. The number of carbonyl (C=O) groups excluding carboxylic acids is 1. The van der Waals surface area contributed by atoms with Gasteiger partial charge in [-0.25, -0.2) is 0 Å². The van der Waals surface area contributed by atoms with Crippen molar-refractivity contribution in [1.82, 2.24) is 5.32 Å². The van der Waals surface area contributed by atoms with Crippen LogP contribution >= 0.6 is 11.6 Å². The van der Waals surface area contributed by atoms with Gasteiger partial charge in [0.1, 0.15) is 5.75 Å². The lowest BCUT2D eigenvalue weighted by molar-refractivity contribution is -0.120. The topological polar surface area (TPSA) is 50.4 Å². The van der Waals surface area contributed by atoms with Crippen molar-refractivity contribution in [3.63, 3.8) is 0 Å². The van der Waals surface area contributed by atoms with Crippen LogP contribution in [0.2, 0.25) is 5.02 Å². The number of carbonyl (C=O) groups is 1. The molecule has 0 aliphatic carbocycles. The minimum Gasteiger partial charge on any atom is -0.454 e. The molecule has 0 saturated carbocycles. The van der Waals surface area contributed by atoms with E-state index >= 15 is 0 Å². The normalized spacial score (nSPS) is 15.2. The van der Waals surface area contributed by atoms with Gasteiger partial charge >= 0.3 is 0 Å². The summed E-state index contributed by atoms with van der Waals surface area (Å²) in [5.74, 6) is 1.24. The predicted octanol–water partition coefficient (Wildman–Crippen LogP) is 4.07. The summed E-state index contributed by atoms with van der Waals surface area (Å²) < 4.78 is 5.87. The Morgan fingerprint density at radius 2 is 1.70 bits per heavy atom. The first kappa shape index (κ1) is 15.8. The molecule has 3 rings (SSSR count). The Morgan fingerprint density at radius 1 is 1.04 bits per heavy atom. The lowest BCUT2D eigenvalue weighted by Crippen LogP contribution is -2.34. The van der Waals surface area contributed by atoms with Crippen LogP contribution in [0.3, 0.4) is 0 Å². The molecule has 1 aliphatic heterocycles. The second-order valence-corrected chi connectivity index (χ2v) is 5.95. The van der Waals surface area contributed by atoms with E-state index in [0.717, 1.165) is 25.9 Å². The van der Waals surface area contributed by atoms with Gasteiger partial charge in [-0.05, 0) is 50.2 Å². The molecule has 1 saturated heterocycles. The summed E-state index contributed by atoms with van der Waals surface area (Å²) in [6.45, 7) is 1.77. The van der Waals surface area contributed by atoms with Crippen LogP contribution in [0, 0.1) is 5.92 Å². The summed E-state index contributed by atoms with van der Waals surface area (Å²) in [4.78, 5) is 12.4. The zero-order valence-electron chi connectivity index (χ0n) is 12.7. The van der Waals surface area contributed by atoms with Gasteiger partial charge in [0.2, 0.25) is 5.91 Å². The Hall–Kier alpha value is -2.04. The molecule has 0 spiro atoms. The van der Waals surface area contributed by atoms with Crippen LogP contribution in [0.4, 0.5) is 5.69 Å². The number of anilines is 1. The van der Waals surface area contributed by atoms with E-state index in [9.17, 15) is 4.79 Å². The molecule has 4 nitrogen and oxygen atoms in total.